The second-order valence-electron chi connectivity index (χ2n) is 7.03. The molecule has 0 radical (unpaired) electrons. The first-order chi connectivity index (χ1) is 14.4. The topological polar surface area (TPSA) is 69.6 Å². The highest BCUT2D eigenvalue weighted by atomic mass is 32.1. The Morgan fingerprint density at radius 2 is 1.72 bits per heavy atom. The maximum Gasteiger partial charge on any atom is 0.416 e. The number of likely N-dealkylation sites (tertiary alicyclic amines) is 1. The summed E-state index contributed by atoms with van der Waals surface area (Å²) in [5.74, 6) is -2.22. The molecule has 1 aliphatic rings. The lowest BCUT2D eigenvalue weighted by atomic mass is 10.1. The van der Waals surface area contributed by atoms with E-state index in [2.05, 4.69) is 5.32 Å². The highest BCUT2D eigenvalue weighted by Gasteiger charge is 2.36. The fraction of sp³-hybridized carbons (Fsp3) is 0.300. The summed E-state index contributed by atoms with van der Waals surface area (Å²) in [6, 6.07) is 5.76. The number of amides is 2. The van der Waals surface area contributed by atoms with Crippen LogP contribution in [0.4, 0.5) is 26.3 Å². The highest BCUT2D eigenvalue weighted by molar-refractivity contribution is 7.59. The number of rotatable bonds is 4. The molecule has 0 saturated carbocycles. The van der Waals surface area contributed by atoms with Crippen LogP contribution < -0.4 is 5.32 Å². The van der Waals surface area contributed by atoms with E-state index in [0.717, 1.165) is 17.0 Å². The summed E-state index contributed by atoms with van der Waals surface area (Å²) in [4.78, 5) is 25.7. The monoisotopic (exact) mass is 480 g/mol. The van der Waals surface area contributed by atoms with Gasteiger partial charge < -0.3 is 15.3 Å². The van der Waals surface area contributed by atoms with Crippen molar-refractivity contribution in [2.45, 2.75) is 31.4 Å². The highest BCUT2D eigenvalue weighted by Crippen LogP contribution is 2.34. The van der Waals surface area contributed by atoms with Gasteiger partial charge in [-0.1, -0.05) is 18.2 Å². The summed E-state index contributed by atoms with van der Waals surface area (Å²) >= 11 is 0. The fourth-order valence-corrected chi connectivity index (χ4v) is 3.32. The molecule has 1 aliphatic heterocycles. The zero-order valence-corrected chi connectivity index (χ0v) is 17.2. The molecule has 0 aromatic heterocycles. The van der Waals surface area contributed by atoms with Crippen molar-refractivity contribution >= 4 is 25.3 Å². The molecule has 3 rings (SSSR count). The molecule has 2 amide bonds. The molecule has 1 saturated heterocycles. The largest absolute Gasteiger partial charge is 0.507 e. The number of nitrogens with zero attached hydrogens (tertiary/aromatic N) is 1. The van der Waals surface area contributed by atoms with Gasteiger partial charge in [0.1, 0.15) is 5.75 Å². The van der Waals surface area contributed by atoms with Crippen LogP contribution in [0.1, 0.15) is 33.5 Å². The Balaban J connectivity index is 0.00000363. The standard InChI is InChI=1S/C20H16F6N2O3.H2S/c21-19(22,23)12-5-6-16(29)14(7-12)18(31)27-13-8-17(30)28(10-13)9-11-3-1-2-4-15(11)20(24,25)26;/h1-7,13,29H,8-10H2,(H,27,31);1H2/t13-;/m0./s1. The van der Waals surface area contributed by atoms with Gasteiger partial charge in [-0.25, -0.2) is 0 Å². The van der Waals surface area contributed by atoms with Gasteiger partial charge in [0.2, 0.25) is 5.91 Å². The molecule has 0 unspecified atom stereocenters. The number of carbonyl (C=O) groups excluding carboxylic acids is 2. The summed E-state index contributed by atoms with van der Waals surface area (Å²) in [5, 5.41) is 12.1. The van der Waals surface area contributed by atoms with Gasteiger partial charge in [0, 0.05) is 19.5 Å². The maximum absolute atomic E-state index is 13.1. The minimum absolute atomic E-state index is 0. The molecule has 32 heavy (non-hydrogen) atoms. The van der Waals surface area contributed by atoms with Crippen molar-refractivity contribution in [2.75, 3.05) is 6.54 Å². The number of phenolic OH excluding ortho intramolecular Hbond substituents is 1. The van der Waals surface area contributed by atoms with Crippen LogP contribution in [0.2, 0.25) is 0 Å². The van der Waals surface area contributed by atoms with Crippen LogP contribution in [0.15, 0.2) is 42.5 Å². The fourth-order valence-electron chi connectivity index (χ4n) is 3.32. The molecule has 12 heteroatoms. The van der Waals surface area contributed by atoms with Gasteiger partial charge in [-0.2, -0.15) is 39.8 Å². The average molecular weight is 480 g/mol. The molecule has 1 atom stereocenters. The van der Waals surface area contributed by atoms with Crippen molar-refractivity contribution < 1.29 is 41.0 Å². The van der Waals surface area contributed by atoms with Crippen molar-refractivity contribution in [1.82, 2.24) is 10.2 Å². The third-order valence-corrected chi connectivity index (χ3v) is 4.80. The number of halogens is 6. The van der Waals surface area contributed by atoms with E-state index in [-0.39, 0.29) is 38.6 Å². The Morgan fingerprint density at radius 1 is 1.06 bits per heavy atom. The Bertz CT molecular complexity index is 1010. The quantitative estimate of drug-likeness (QED) is 0.649. The van der Waals surface area contributed by atoms with Gasteiger partial charge in [-0.15, -0.1) is 0 Å². The average Bonchev–Trinajstić information content (AvgIpc) is 2.99. The number of carbonyl (C=O) groups is 2. The second-order valence-corrected chi connectivity index (χ2v) is 7.03. The van der Waals surface area contributed by atoms with E-state index in [1.807, 2.05) is 0 Å². The number of phenols is 1. The van der Waals surface area contributed by atoms with Gasteiger partial charge in [0.05, 0.1) is 22.7 Å². The molecule has 5 nitrogen and oxygen atoms in total. The van der Waals surface area contributed by atoms with Crippen LogP contribution in [-0.4, -0.2) is 34.4 Å². The lowest BCUT2D eigenvalue weighted by Crippen LogP contribution is -2.37. The molecule has 1 heterocycles. The molecule has 0 spiro atoms. The van der Waals surface area contributed by atoms with E-state index in [0.29, 0.717) is 12.1 Å². The maximum atomic E-state index is 13.1. The van der Waals surface area contributed by atoms with Gasteiger partial charge in [0.15, 0.2) is 0 Å². The van der Waals surface area contributed by atoms with E-state index in [9.17, 15) is 41.0 Å². The summed E-state index contributed by atoms with van der Waals surface area (Å²) < 4.78 is 78.0. The number of hydrogen-bond acceptors (Lipinski definition) is 3. The first kappa shape index (κ1) is 25.4. The third kappa shape index (κ3) is 5.67. The number of alkyl halides is 6. The molecule has 2 aromatic rings. The predicted molar refractivity (Wildman–Crippen MR) is 106 cm³/mol. The van der Waals surface area contributed by atoms with Crippen LogP contribution in [0.25, 0.3) is 0 Å². The van der Waals surface area contributed by atoms with Crippen molar-refractivity contribution in [3.05, 3.63) is 64.7 Å². The smallest absolute Gasteiger partial charge is 0.416 e. The van der Waals surface area contributed by atoms with E-state index in [1.165, 1.54) is 18.2 Å². The van der Waals surface area contributed by atoms with Gasteiger partial charge in [0.25, 0.3) is 5.91 Å². The van der Waals surface area contributed by atoms with Crippen LogP contribution in [0.5, 0.6) is 5.75 Å². The molecule has 1 fully saturated rings. The van der Waals surface area contributed by atoms with Gasteiger partial charge >= 0.3 is 12.4 Å². The van der Waals surface area contributed by atoms with E-state index >= 15 is 0 Å². The number of aromatic hydroxyl groups is 1. The number of benzene rings is 2. The number of nitrogens with one attached hydrogen (secondary N) is 1. The second kappa shape index (κ2) is 9.31. The SMILES string of the molecule is O=C(N[C@H]1CC(=O)N(Cc2ccccc2C(F)(F)F)C1)c1cc(C(F)(F)F)ccc1O.S. The normalized spacial score (nSPS) is 16.6. The summed E-state index contributed by atoms with van der Waals surface area (Å²) in [6.45, 7) is -0.466. The molecular formula is C20H18F6N2O3S. The zero-order chi connectivity index (χ0) is 23.0. The number of hydrogen-bond donors (Lipinski definition) is 2. The van der Waals surface area contributed by atoms with Crippen LogP contribution in [-0.2, 0) is 23.7 Å². The Kier molecular flexibility index (Phi) is 7.38. The minimum atomic E-state index is -4.73. The van der Waals surface area contributed by atoms with Crippen LogP contribution in [0.3, 0.4) is 0 Å². The van der Waals surface area contributed by atoms with Gasteiger partial charge in [-0.3, -0.25) is 9.59 Å². The van der Waals surface area contributed by atoms with Crippen molar-refractivity contribution in [3.63, 3.8) is 0 Å². The lowest BCUT2D eigenvalue weighted by molar-refractivity contribution is -0.139. The first-order valence-electron chi connectivity index (χ1n) is 9.00. The van der Waals surface area contributed by atoms with Crippen LogP contribution in [0, 0.1) is 0 Å². The molecule has 174 valence electrons. The molecular weight excluding hydrogens is 462 g/mol. The summed E-state index contributed by atoms with van der Waals surface area (Å²) in [5.41, 5.74) is -2.76. The van der Waals surface area contributed by atoms with E-state index in [4.69, 9.17) is 0 Å². The van der Waals surface area contributed by atoms with Crippen molar-refractivity contribution in [3.8, 4) is 5.75 Å². The van der Waals surface area contributed by atoms with Gasteiger partial charge in [-0.05, 0) is 29.8 Å². The first-order valence-corrected chi connectivity index (χ1v) is 9.00. The Labute approximate surface area is 185 Å². The molecule has 0 aliphatic carbocycles. The minimum Gasteiger partial charge on any atom is -0.507 e. The van der Waals surface area contributed by atoms with Crippen molar-refractivity contribution in [2.24, 2.45) is 0 Å². The molecule has 2 N–H and O–H groups in total. The van der Waals surface area contributed by atoms with E-state index < -0.39 is 52.6 Å². The zero-order valence-electron chi connectivity index (χ0n) is 16.2. The summed E-state index contributed by atoms with van der Waals surface area (Å²) in [7, 11) is 0. The third-order valence-electron chi connectivity index (χ3n) is 4.80. The summed E-state index contributed by atoms with van der Waals surface area (Å²) in [6.07, 6.45) is -9.57. The van der Waals surface area contributed by atoms with E-state index in [1.54, 1.807) is 0 Å². The molecule has 0 bridgehead atoms. The Morgan fingerprint density at radius 3 is 2.34 bits per heavy atom. The predicted octanol–water partition coefficient (Wildman–Crippen LogP) is 4.07. The van der Waals surface area contributed by atoms with Crippen molar-refractivity contribution in [1.29, 1.82) is 0 Å². The lowest BCUT2D eigenvalue weighted by Gasteiger charge is -2.20. The van der Waals surface area contributed by atoms with Crippen LogP contribution >= 0.6 is 13.5 Å². The molecule has 2 aromatic carbocycles. The Hall–Kier alpha value is -2.89.